The molecule has 1 aromatic heterocycles. The molecule has 1 unspecified atom stereocenters. The Balaban J connectivity index is 1.64. The Kier molecular flexibility index (Phi) is 6.03. The summed E-state index contributed by atoms with van der Waals surface area (Å²) in [7, 11) is -1.22. The van der Waals surface area contributed by atoms with Gasteiger partial charge in [0.2, 0.25) is 0 Å². The van der Waals surface area contributed by atoms with E-state index in [4.69, 9.17) is 9.72 Å². The zero-order valence-electron chi connectivity index (χ0n) is 16.9. The number of rotatable bonds is 6. The summed E-state index contributed by atoms with van der Waals surface area (Å²) in [6.45, 7) is 2.77. The maximum Gasteiger partial charge on any atom is 0.261 e. The first-order chi connectivity index (χ1) is 14.0. The number of nitrogens with zero attached hydrogens (tertiary/aromatic N) is 3. The van der Waals surface area contributed by atoms with Gasteiger partial charge in [0, 0.05) is 13.7 Å². The number of sulfone groups is 1. The Bertz CT molecular complexity index is 1020. The van der Waals surface area contributed by atoms with Gasteiger partial charge in [-0.05, 0) is 50.3 Å². The van der Waals surface area contributed by atoms with Crippen LogP contribution < -0.4 is 5.56 Å². The van der Waals surface area contributed by atoms with E-state index in [2.05, 4.69) is 4.90 Å². The average Bonchev–Trinajstić information content (AvgIpc) is 3.17. The average molecular weight is 420 g/mol. The number of fused-ring (bicyclic) bond motifs is 1. The molecule has 0 spiro atoms. The Labute approximate surface area is 171 Å². The van der Waals surface area contributed by atoms with E-state index in [1.165, 1.54) is 0 Å². The van der Waals surface area contributed by atoms with Crippen LogP contribution in [0.3, 0.4) is 0 Å². The number of hydrogen-bond acceptors (Lipinski definition) is 6. The van der Waals surface area contributed by atoms with E-state index in [9.17, 15) is 13.2 Å². The highest BCUT2D eigenvalue weighted by Crippen LogP contribution is 2.33. The summed E-state index contributed by atoms with van der Waals surface area (Å²) in [5.41, 5.74) is 0.718. The molecule has 1 aromatic carbocycles. The van der Waals surface area contributed by atoms with Gasteiger partial charge >= 0.3 is 0 Å². The number of likely N-dealkylation sites (tertiary alicyclic amines) is 1. The first-order valence-corrected chi connectivity index (χ1v) is 12.2. The molecular formula is C21H29N3O4S. The van der Waals surface area contributed by atoms with E-state index < -0.39 is 9.84 Å². The molecule has 29 heavy (non-hydrogen) atoms. The van der Waals surface area contributed by atoms with Gasteiger partial charge in [0.15, 0.2) is 0 Å². The van der Waals surface area contributed by atoms with Crippen LogP contribution in [0.1, 0.15) is 37.5 Å². The lowest BCUT2D eigenvalue weighted by atomic mass is 10.0. The second-order valence-corrected chi connectivity index (χ2v) is 10.5. The summed E-state index contributed by atoms with van der Waals surface area (Å²) < 4.78 is 30.5. The van der Waals surface area contributed by atoms with Crippen LogP contribution in [0.25, 0.3) is 10.9 Å². The third-order valence-electron chi connectivity index (χ3n) is 6.24. The van der Waals surface area contributed by atoms with Crippen molar-refractivity contribution in [2.75, 3.05) is 38.3 Å². The molecule has 4 rings (SSSR count). The summed E-state index contributed by atoms with van der Waals surface area (Å²) in [6, 6.07) is 7.58. The number of para-hydroxylation sites is 1. The molecule has 2 aromatic rings. The molecule has 0 amide bonds. The van der Waals surface area contributed by atoms with Gasteiger partial charge in [-0.1, -0.05) is 12.1 Å². The molecule has 0 aliphatic carbocycles. The monoisotopic (exact) mass is 419 g/mol. The third-order valence-corrected chi connectivity index (χ3v) is 7.95. The van der Waals surface area contributed by atoms with Crippen molar-refractivity contribution in [3.63, 3.8) is 0 Å². The van der Waals surface area contributed by atoms with Crippen LogP contribution in [0.2, 0.25) is 0 Å². The number of benzene rings is 1. The van der Waals surface area contributed by atoms with Crippen LogP contribution in [0.4, 0.5) is 0 Å². The number of aromatic nitrogens is 2. The van der Waals surface area contributed by atoms with E-state index in [1.807, 2.05) is 24.3 Å². The number of ether oxygens (including phenoxy) is 1. The van der Waals surface area contributed by atoms with Crippen LogP contribution in [0.15, 0.2) is 29.1 Å². The Morgan fingerprint density at radius 3 is 2.69 bits per heavy atom. The molecule has 2 saturated heterocycles. The standard InChI is InChI=1S/C21H29N3O4S/c1-28-12-11-24-20(22-18-6-3-2-5-17(18)21(24)25)19-7-4-10-23(19)15-16-8-13-29(26,27)14-9-16/h2-3,5-6,16,19H,4,7-15H2,1H3. The van der Waals surface area contributed by atoms with Gasteiger partial charge in [-0.2, -0.15) is 0 Å². The Morgan fingerprint density at radius 2 is 1.93 bits per heavy atom. The molecular weight excluding hydrogens is 390 g/mol. The van der Waals surface area contributed by atoms with Crippen molar-refractivity contribution in [1.29, 1.82) is 0 Å². The molecule has 0 radical (unpaired) electrons. The predicted molar refractivity (Wildman–Crippen MR) is 113 cm³/mol. The van der Waals surface area contributed by atoms with E-state index >= 15 is 0 Å². The van der Waals surface area contributed by atoms with Crippen LogP contribution in [0.5, 0.6) is 0 Å². The van der Waals surface area contributed by atoms with Crippen molar-refractivity contribution >= 4 is 20.7 Å². The van der Waals surface area contributed by atoms with Crippen molar-refractivity contribution in [2.45, 2.75) is 38.3 Å². The van der Waals surface area contributed by atoms with Crippen molar-refractivity contribution in [3.8, 4) is 0 Å². The zero-order chi connectivity index (χ0) is 20.4. The predicted octanol–water partition coefficient (Wildman–Crippen LogP) is 2.00. The van der Waals surface area contributed by atoms with Gasteiger partial charge in [0.25, 0.3) is 5.56 Å². The lowest BCUT2D eigenvalue weighted by Crippen LogP contribution is -2.37. The fraction of sp³-hybridized carbons (Fsp3) is 0.619. The summed E-state index contributed by atoms with van der Waals surface area (Å²) in [5, 5.41) is 0.634. The summed E-state index contributed by atoms with van der Waals surface area (Å²) in [5.74, 6) is 1.79. The smallest absolute Gasteiger partial charge is 0.261 e. The SMILES string of the molecule is COCCn1c(C2CCCN2CC2CCS(=O)(=O)CC2)nc2ccccc2c1=O. The molecule has 0 bridgehead atoms. The van der Waals surface area contributed by atoms with Gasteiger partial charge in [-0.3, -0.25) is 14.3 Å². The number of hydrogen-bond donors (Lipinski definition) is 0. The lowest BCUT2D eigenvalue weighted by Gasteiger charge is -2.31. The molecule has 3 heterocycles. The fourth-order valence-electron chi connectivity index (χ4n) is 4.63. The maximum absolute atomic E-state index is 13.2. The van der Waals surface area contributed by atoms with E-state index in [0.717, 1.165) is 50.1 Å². The third kappa shape index (κ3) is 4.39. The second kappa shape index (κ2) is 8.53. The minimum Gasteiger partial charge on any atom is -0.383 e. The topological polar surface area (TPSA) is 81.5 Å². The number of methoxy groups -OCH3 is 1. The molecule has 2 aliphatic rings. The van der Waals surface area contributed by atoms with E-state index in [0.29, 0.717) is 36.0 Å². The minimum absolute atomic E-state index is 0.0155. The van der Waals surface area contributed by atoms with E-state index in [-0.39, 0.29) is 11.6 Å². The van der Waals surface area contributed by atoms with Crippen molar-refractivity contribution in [1.82, 2.24) is 14.5 Å². The van der Waals surface area contributed by atoms with Crippen LogP contribution >= 0.6 is 0 Å². The Morgan fingerprint density at radius 1 is 1.17 bits per heavy atom. The van der Waals surface area contributed by atoms with Crippen LogP contribution in [0, 0.1) is 5.92 Å². The maximum atomic E-state index is 13.2. The van der Waals surface area contributed by atoms with Crippen molar-refractivity contribution < 1.29 is 13.2 Å². The molecule has 2 fully saturated rings. The van der Waals surface area contributed by atoms with Crippen LogP contribution in [-0.2, 0) is 21.1 Å². The van der Waals surface area contributed by atoms with Crippen LogP contribution in [-0.4, -0.2) is 61.2 Å². The first-order valence-electron chi connectivity index (χ1n) is 10.4. The van der Waals surface area contributed by atoms with Gasteiger partial charge < -0.3 is 4.74 Å². The quantitative estimate of drug-likeness (QED) is 0.712. The molecule has 7 nitrogen and oxygen atoms in total. The summed E-state index contributed by atoms with van der Waals surface area (Å²) in [4.78, 5) is 20.5. The van der Waals surface area contributed by atoms with E-state index in [1.54, 1.807) is 11.7 Å². The highest BCUT2D eigenvalue weighted by Gasteiger charge is 2.33. The minimum atomic E-state index is -2.85. The fourth-order valence-corrected chi connectivity index (χ4v) is 6.22. The molecule has 0 saturated carbocycles. The summed E-state index contributed by atoms with van der Waals surface area (Å²) in [6.07, 6.45) is 3.48. The highest BCUT2D eigenvalue weighted by atomic mass is 32.2. The molecule has 1 atom stereocenters. The van der Waals surface area contributed by atoms with Crippen molar-refractivity contribution in [2.24, 2.45) is 5.92 Å². The van der Waals surface area contributed by atoms with Gasteiger partial charge in [-0.15, -0.1) is 0 Å². The molecule has 0 N–H and O–H groups in total. The Hall–Kier alpha value is -1.77. The first kappa shape index (κ1) is 20.5. The van der Waals surface area contributed by atoms with Crippen molar-refractivity contribution in [3.05, 3.63) is 40.4 Å². The molecule has 8 heteroatoms. The second-order valence-electron chi connectivity index (χ2n) is 8.18. The normalized spacial score (nSPS) is 23.0. The van der Waals surface area contributed by atoms with Gasteiger partial charge in [-0.25, -0.2) is 13.4 Å². The molecule has 158 valence electrons. The largest absolute Gasteiger partial charge is 0.383 e. The zero-order valence-corrected chi connectivity index (χ0v) is 17.7. The lowest BCUT2D eigenvalue weighted by molar-refractivity contribution is 0.173. The highest BCUT2D eigenvalue weighted by molar-refractivity contribution is 7.91. The van der Waals surface area contributed by atoms with Gasteiger partial charge in [0.05, 0.1) is 41.6 Å². The van der Waals surface area contributed by atoms with Gasteiger partial charge in [0.1, 0.15) is 15.7 Å². The molecule has 2 aliphatic heterocycles. The summed E-state index contributed by atoms with van der Waals surface area (Å²) >= 11 is 0.